The molecule has 0 unspecified atom stereocenters. The van der Waals surface area contributed by atoms with Crippen molar-refractivity contribution in [1.82, 2.24) is 5.32 Å². The van der Waals surface area contributed by atoms with Crippen molar-refractivity contribution < 1.29 is 4.79 Å². The van der Waals surface area contributed by atoms with E-state index in [4.69, 9.17) is 0 Å². The summed E-state index contributed by atoms with van der Waals surface area (Å²) in [5.41, 5.74) is 0. The maximum absolute atomic E-state index is 9.96. The molecular formula is C11H23NO. The number of amides is 1. The zero-order valence-electron chi connectivity index (χ0n) is 9.18. The molecule has 0 bridgehead atoms. The summed E-state index contributed by atoms with van der Waals surface area (Å²) in [6.07, 6.45) is 7.08. The molecule has 0 spiro atoms. The standard InChI is InChI=1S/C7H13NO.C4H10/c9-6-8-7-4-2-1-3-5-7;1-4(2)3/h6-7H,1-5H2,(H,8,9);4H,1-3H3. The first-order valence-electron chi connectivity index (χ1n) is 5.36. The maximum atomic E-state index is 9.96. The minimum absolute atomic E-state index is 0.483. The number of carbonyl (C=O) groups is 1. The Labute approximate surface area is 82.1 Å². The summed E-state index contributed by atoms with van der Waals surface area (Å²) in [6.45, 7) is 6.50. The Bertz CT molecular complexity index is 115. The van der Waals surface area contributed by atoms with E-state index in [-0.39, 0.29) is 0 Å². The molecule has 0 aromatic rings. The van der Waals surface area contributed by atoms with Crippen molar-refractivity contribution in [2.24, 2.45) is 5.92 Å². The lowest BCUT2D eigenvalue weighted by Gasteiger charge is -2.19. The van der Waals surface area contributed by atoms with Crippen LogP contribution >= 0.6 is 0 Å². The fraction of sp³-hybridized carbons (Fsp3) is 0.909. The summed E-state index contributed by atoms with van der Waals surface area (Å²) in [5.74, 6) is 0.833. The Kier molecular flexibility index (Phi) is 7.76. The van der Waals surface area contributed by atoms with Gasteiger partial charge in [-0.2, -0.15) is 0 Å². The zero-order valence-corrected chi connectivity index (χ0v) is 9.18. The van der Waals surface area contributed by atoms with Crippen molar-refractivity contribution in [1.29, 1.82) is 0 Å². The van der Waals surface area contributed by atoms with Crippen LogP contribution in [0.3, 0.4) is 0 Å². The smallest absolute Gasteiger partial charge is 0.207 e. The van der Waals surface area contributed by atoms with E-state index in [1.807, 2.05) is 0 Å². The van der Waals surface area contributed by atoms with E-state index < -0.39 is 0 Å². The predicted octanol–water partition coefficient (Wildman–Crippen LogP) is 2.73. The number of carbonyl (C=O) groups excluding carboxylic acids is 1. The van der Waals surface area contributed by atoms with E-state index in [0.29, 0.717) is 6.04 Å². The summed E-state index contributed by atoms with van der Waals surface area (Å²) in [5, 5.41) is 2.80. The number of rotatable bonds is 2. The van der Waals surface area contributed by atoms with Crippen LogP contribution in [0.2, 0.25) is 0 Å². The highest BCUT2D eigenvalue weighted by Crippen LogP contribution is 2.16. The Morgan fingerprint density at radius 1 is 1.15 bits per heavy atom. The molecule has 0 radical (unpaired) electrons. The summed E-state index contributed by atoms with van der Waals surface area (Å²) >= 11 is 0. The molecule has 1 N–H and O–H groups in total. The van der Waals surface area contributed by atoms with Gasteiger partial charge in [-0.15, -0.1) is 0 Å². The van der Waals surface area contributed by atoms with E-state index >= 15 is 0 Å². The van der Waals surface area contributed by atoms with Gasteiger partial charge in [-0.1, -0.05) is 40.0 Å². The van der Waals surface area contributed by atoms with Gasteiger partial charge in [0, 0.05) is 6.04 Å². The van der Waals surface area contributed by atoms with Gasteiger partial charge in [0.25, 0.3) is 0 Å². The lowest BCUT2D eigenvalue weighted by atomic mass is 9.96. The molecule has 1 aliphatic rings. The van der Waals surface area contributed by atoms with Gasteiger partial charge >= 0.3 is 0 Å². The van der Waals surface area contributed by atoms with E-state index in [0.717, 1.165) is 12.3 Å². The minimum atomic E-state index is 0.483. The fourth-order valence-electron chi connectivity index (χ4n) is 1.37. The van der Waals surface area contributed by atoms with E-state index in [1.54, 1.807) is 0 Å². The van der Waals surface area contributed by atoms with E-state index in [9.17, 15) is 4.79 Å². The van der Waals surface area contributed by atoms with Gasteiger partial charge in [0.1, 0.15) is 0 Å². The molecule has 0 aromatic carbocycles. The molecule has 0 atom stereocenters. The minimum Gasteiger partial charge on any atom is -0.356 e. The monoisotopic (exact) mass is 185 g/mol. The average molecular weight is 185 g/mol. The zero-order chi connectivity index (χ0) is 10.1. The molecule has 0 heterocycles. The molecule has 0 aromatic heterocycles. The molecule has 0 saturated heterocycles. The molecule has 1 fully saturated rings. The van der Waals surface area contributed by atoms with Crippen molar-refractivity contribution in [2.75, 3.05) is 0 Å². The predicted molar refractivity (Wildman–Crippen MR) is 56.6 cm³/mol. The summed E-state index contributed by atoms with van der Waals surface area (Å²) < 4.78 is 0. The van der Waals surface area contributed by atoms with Crippen LogP contribution in [-0.2, 0) is 4.79 Å². The van der Waals surface area contributed by atoms with Crippen LogP contribution in [0.4, 0.5) is 0 Å². The van der Waals surface area contributed by atoms with Crippen molar-refractivity contribution >= 4 is 6.41 Å². The molecule has 2 heteroatoms. The molecule has 1 rings (SSSR count). The van der Waals surface area contributed by atoms with Crippen LogP contribution in [0.25, 0.3) is 0 Å². The highest BCUT2D eigenvalue weighted by molar-refractivity contribution is 5.46. The third-order valence-corrected chi connectivity index (χ3v) is 1.91. The topological polar surface area (TPSA) is 29.1 Å². The van der Waals surface area contributed by atoms with Gasteiger partial charge in [0.2, 0.25) is 6.41 Å². The van der Waals surface area contributed by atoms with Crippen molar-refractivity contribution in [3.05, 3.63) is 0 Å². The van der Waals surface area contributed by atoms with Gasteiger partial charge in [0.05, 0.1) is 0 Å². The second kappa shape index (κ2) is 8.09. The van der Waals surface area contributed by atoms with Gasteiger partial charge in [-0.3, -0.25) is 4.79 Å². The summed E-state index contributed by atoms with van der Waals surface area (Å²) in [4.78, 5) is 9.96. The van der Waals surface area contributed by atoms with Crippen molar-refractivity contribution in [2.45, 2.75) is 58.9 Å². The Hall–Kier alpha value is -0.530. The van der Waals surface area contributed by atoms with Gasteiger partial charge in [-0.25, -0.2) is 0 Å². The largest absolute Gasteiger partial charge is 0.356 e. The number of hydrogen-bond acceptors (Lipinski definition) is 1. The lowest BCUT2D eigenvalue weighted by Crippen LogP contribution is -2.29. The van der Waals surface area contributed by atoms with Gasteiger partial charge in [0.15, 0.2) is 0 Å². The second-order valence-corrected chi connectivity index (χ2v) is 4.35. The highest BCUT2D eigenvalue weighted by Gasteiger charge is 2.10. The van der Waals surface area contributed by atoms with Crippen LogP contribution < -0.4 is 5.32 Å². The van der Waals surface area contributed by atoms with Crippen LogP contribution in [0, 0.1) is 5.92 Å². The molecule has 0 aliphatic heterocycles. The number of nitrogens with one attached hydrogen (secondary N) is 1. The average Bonchev–Trinajstić information content (AvgIpc) is 2.06. The summed E-state index contributed by atoms with van der Waals surface area (Å²) in [6, 6.07) is 0.483. The molecule has 1 amide bonds. The number of hydrogen-bond donors (Lipinski definition) is 1. The van der Waals surface area contributed by atoms with Crippen molar-refractivity contribution in [3.8, 4) is 0 Å². The fourth-order valence-corrected chi connectivity index (χ4v) is 1.37. The van der Waals surface area contributed by atoms with E-state index in [2.05, 4.69) is 26.1 Å². The molecule has 1 aliphatic carbocycles. The molecule has 2 nitrogen and oxygen atoms in total. The third kappa shape index (κ3) is 9.38. The first-order valence-corrected chi connectivity index (χ1v) is 5.36. The first-order chi connectivity index (χ1) is 6.16. The van der Waals surface area contributed by atoms with Crippen molar-refractivity contribution in [3.63, 3.8) is 0 Å². The van der Waals surface area contributed by atoms with E-state index in [1.165, 1.54) is 32.1 Å². The normalized spacial score (nSPS) is 17.5. The molecule has 1 saturated carbocycles. The van der Waals surface area contributed by atoms with Gasteiger partial charge < -0.3 is 5.32 Å². The highest BCUT2D eigenvalue weighted by atomic mass is 16.1. The Morgan fingerprint density at radius 2 is 1.62 bits per heavy atom. The molecular weight excluding hydrogens is 162 g/mol. The van der Waals surface area contributed by atoms with Crippen LogP contribution in [0.15, 0.2) is 0 Å². The Morgan fingerprint density at radius 3 is 2.00 bits per heavy atom. The molecule has 13 heavy (non-hydrogen) atoms. The third-order valence-electron chi connectivity index (χ3n) is 1.91. The van der Waals surface area contributed by atoms with Gasteiger partial charge in [-0.05, 0) is 18.8 Å². The Balaban J connectivity index is 0.000000310. The lowest BCUT2D eigenvalue weighted by molar-refractivity contribution is -0.110. The quantitative estimate of drug-likeness (QED) is 0.658. The molecule has 78 valence electrons. The first kappa shape index (κ1) is 12.5. The SMILES string of the molecule is CC(C)C.O=CNC1CCCCC1. The summed E-state index contributed by atoms with van der Waals surface area (Å²) in [7, 11) is 0. The second-order valence-electron chi connectivity index (χ2n) is 4.35. The van der Waals surface area contributed by atoms with Crippen LogP contribution in [-0.4, -0.2) is 12.5 Å². The maximum Gasteiger partial charge on any atom is 0.207 e. The van der Waals surface area contributed by atoms with Crippen LogP contribution in [0.5, 0.6) is 0 Å². The van der Waals surface area contributed by atoms with Crippen LogP contribution in [0.1, 0.15) is 52.9 Å².